The van der Waals surface area contributed by atoms with Crippen LogP contribution in [0.4, 0.5) is 23.7 Å². The Balaban J connectivity index is 2.47. The average molecular weight is 292 g/mol. The van der Waals surface area contributed by atoms with Crippen molar-refractivity contribution < 1.29 is 27.4 Å². The molecule has 0 saturated carbocycles. The number of alkyl halides is 3. The molecule has 20 heavy (non-hydrogen) atoms. The summed E-state index contributed by atoms with van der Waals surface area (Å²) < 4.78 is 44.9. The summed E-state index contributed by atoms with van der Waals surface area (Å²) in [5, 5.41) is 4.89. The molecule has 0 aliphatic carbocycles. The molecule has 0 aromatic heterocycles. The zero-order chi connectivity index (χ0) is 15.0. The Morgan fingerprint density at radius 1 is 1.35 bits per heavy atom. The Morgan fingerprint density at radius 2 is 2.10 bits per heavy atom. The molecule has 0 heterocycles. The van der Waals surface area contributed by atoms with Gasteiger partial charge in [-0.1, -0.05) is 6.07 Å². The minimum absolute atomic E-state index is 0.195. The van der Waals surface area contributed by atoms with Gasteiger partial charge in [0.1, 0.15) is 5.75 Å². The fourth-order valence-electron chi connectivity index (χ4n) is 1.33. The second-order valence-electron chi connectivity index (χ2n) is 3.65. The maximum atomic E-state index is 12.0. The van der Waals surface area contributed by atoms with E-state index in [0.29, 0.717) is 19.8 Å². The molecule has 1 aromatic carbocycles. The van der Waals surface area contributed by atoms with Gasteiger partial charge in [-0.15, -0.1) is 13.2 Å². The molecule has 2 N–H and O–H groups in total. The van der Waals surface area contributed by atoms with Crippen molar-refractivity contribution in [2.45, 2.75) is 13.3 Å². The summed E-state index contributed by atoms with van der Waals surface area (Å²) in [5.41, 5.74) is 0.195. The minimum atomic E-state index is -4.77. The van der Waals surface area contributed by atoms with E-state index in [9.17, 15) is 18.0 Å². The molecule has 0 fully saturated rings. The Hall–Kier alpha value is -1.96. The predicted molar refractivity (Wildman–Crippen MR) is 66.6 cm³/mol. The van der Waals surface area contributed by atoms with Gasteiger partial charge in [0.15, 0.2) is 0 Å². The second-order valence-corrected chi connectivity index (χ2v) is 3.65. The summed E-state index contributed by atoms with van der Waals surface area (Å²) in [6, 6.07) is 4.48. The number of rotatable bonds is 6. The molecule has 0 aliphatic rings. The summed E-state index contributed by atoms with van der Waals surface area (Å²) in [6.07, 6.45) is -4.77. The van der Waals surface area contributed by atoms with Crippen LogP contribution in [-0.4, -0.2) is 32.2 Å². The van der Waals surface area contributed by atoms with Crippen molar-refractivity contribution in [2.24, 2.45) is 0 Å². The van der Waals surface area contributed by atoms with Gasteiger partial charge in [-0.25, -0.2) is 4.79 Å². The van der Waals surface area contributed by atoms with Crippen molar-refractivity contribution in [3.63, 3.8) is 0 Å². The standard InChI is InChI=1S/C12H15F3N2O3/c1-2-19-7-6-16-11(18)17-9-4-3-5-10(8-9)20-12(13,14)15/h3-5,8H,2,6-7H2,1H3,(H2,16,17,18). The molecule has 2 amide bonds. The summed E-state index contributed by atoms with van der Waals surface area (Å²) >= 11 is 0. The van der Waals surface area contributed by atoms with Crippen LogP contribution in [0.15, 0.2) is 24.3 Å². The largest absolute Gasteiger partial charge is 0.573 e. The molecular weight excluding hydrogens is 277 g/mol. The zero-order valence-corrected chi connectivity index (χ0v) is 10.8. The fourth-order valence-corrected chi connectivity index (χ4v) is 1.33. The van der Waals surface area contributed by atoms with Crippen LogP contribution in [0, 0.1) is 0 Å². The van der Waals surface area contributed by atoms with Crippen LogP contribution < -0.4 is 15.4 Å². The maximum absolute atomic E-state index is 12.0. The summed E-state index contributed by atoms with van der Waals surface area (Å²) in [7, 11) is 0. The highest BCUT2D eigenvalue weighted by Crippen LogP contribution is 2.24. The van der Waals surface area contributed by atoms with Crippen LogP contribution in [0.2, 0.25) is 0 Å². The Bertz CT molecular complexity index is 438. The second kappa shape index (κ2) is 7.59. The lowest BCUT2D eigenvalue weighted by Crippen LogP contribution is -2.31. The van der Waals surface area contributed by atoms with Gasteiger partial charge >= 0.3 is 12.4 Å². The molecule has 0 atom stereocenters. The van der Waals surface area contributed by atoms with Gasteiger partial charge in [0.25, 0.3) is 0 Å². The number of carbonyl (C=O) groups excluding carboxylic acids is 1. The smallest absolute Gasteiger partial charge is 0.406 e. The molecule has 0 aliphatic heterocycles. The van der Waals surface area contributed by atoms with E-state index in [1.54, 1.807) is 0 Å². The van der Waals surface area contributed by atoms with Gasteiger partial charge in [-0.05, 0) is 19.1 Å². The molecule has 8 heteroatoms. The molecule has 0 unspecified atom stereocenters. The molecule has 1 rings (SSSR count). The Kier molecular flexibility index (Phi) is 6.10. The molecular formula is C12H15F3N2O3. The molecule has 0 bridgehead atoms. The average Bonchev–Trinajstić information content (AvgIpc) is 2.33. The quantitative estimate of drug-likeness (QED) is 0.793. The first kappa shape index (κ1) is 16.1. The first-order valence-corrected chi connectivity index (χ1v) is 5.89. The van der Waals surface area contributed by atoms with Gasteiger partial charge in [0.2, 0.25) is 0 Å². The van der Waals surface area contributed by atoms with E-state index < -0.39 is 18.1 Å². The van der Waals surface area contributed by atoms with E-state index in [2.05, 4.69) is 15.4 Å². The molecule has 1 aromatic rings. The number of anilines is 1. The lowest BCUT2D eigenvalue weighted by atomic mass is 10.3. The van der Waals surface area contributed by atoms with E-state index in [0.717, 1.165) is 12.1 Å². The topological polar surface area (TPSA) is 59.6 Å². The highest BCUT2D eigenvalue weighted by Gasteiger charge is 2.31. The van der Waals surface area contributed by atoms with Crippen LogP contribution in [0.1, 0.15) is 6.92 Å². The molecule has 112 valence electrons. The predicted octanol–water partition coefficient (Wildman–Crippen LogP) is 2.74. The number of hydrogen-bond donors (Lipinski definition) is 2. The number of ether oxygens (including phenoxy) is 2. The summed E-state index contributed by atoms with van der Waals surface area (Å²) in [6.45, 7) is 3.03. The van der Waals surface area contributed by atoms with Crippen molar-refractivity contribution in [3.05, 3.63) is 24.3 Å². The SMILES string of the molecule is CCOCCNC(=O)Nc1cccc(OC(F)(F)F)c1. The highest BCUT2D eigenvalue weighted by molar-refractivity contribution is 5.89. The van der Waals surface area contributed by atoms with Crippen molar-refractivity contribution in [2.75, 3.05) is 25.1 Å². The maximum Gasteiger partial charge on any atom is 0.573 e. The van der Waals surface area contributed by atoms with Crippen molar-refractivity contribution in [3.8, 4) is 5.75 Å². The third-order valence-electron chi connectivity index (χ3n) is 2.06. The van der Waals surface area contributed by atoms with Crippen LogP contribution in [0.3, 0.4) is 0 Å². The van der Waals surface area contributed by atoms with E-state index >= 15 is 0 Å². The number of urea groups is 1. The van der Waals surface area contributed by atoms with E-state index in [1.165, 1.54) is 12.1 Å². The normalized spacial score (nSPS) is 11.0. The Morgan fingerprint density at radius 3 is 2.75 bits per heavy atom. The first-order valence-electron chi connectivity index (χ1n) is 5.89. The number of amides is 2. The zero-order valence-electron chi connectivity index (χ0n) is 10.8. The first-order chi connectivity index (χ1) is 9.40. The van der Waals surface area contributed by atoms with Gasteiger partial charge in [-0.3, -0.25) is 0 Å². The van der Waals surface area contributed by atoms with Gasteiger partial charge < -0.3 is 20.1 Å². The van der Waals surface area contributed by atoms with Crippen LogP contribution in [0.5, 0.6) is 5.75 Å². The number of benzene rings is 1. The minimum Gasteiger partial charge on any atom is -0.406 e. The molecule has 0 spiro atoms. The third kappa shape index (κ3) is 6.83. The fraction of sp³-hybridized carbons (Fsp3) is 0.417. The van der Waals surface area contributed by atoms with Crippen molar-refractivity contribution in [1.29, 1.82) is 0 Å². The van der Waals surface area contributed by atoms with Crippen molar-refractivity contribution >= 4 is 11.7 Å². The summed E-state index contributed by atoms with van der Waals surface area (Å²) in [4.78, 5) is 11.4. The van der Waals surface area contributed by atoms with Crippen LogP contribution in [0.25, 0.3) is 0 Å². The summed E-state index contributed by atoms with van der Waals surface area (Å²) in [5.74, 6) is -0.399. The lowest BCUT2D eigenvalue weighted by Gasteiger charge is -2.11. The van der Waals surface area contributed by atoms with E-state index in [1.807, 2.05) is 6.92 Å². The number of hydrogen-bond acceptors (Lipinski definition) is 3. The van der Waals surface area contributed by atoms with Crippen LogP contribution in [-0.2, 0) is 4.74 Å². The van der Waals surface area contributed by atoms with Gasteiger partial charge in [0, 0.05) is 24.9 Å². The van der Waals surface area contributed by atoms with Gasteiger partial charge in [0.05, 0.1) is 6.61 Å². The van der Waals surface area contributed by atoms with Crippen molar-refractivity contribution in [1.82, 2.24) is 5.32 Å². The number of nitrogens with one attached hydrogen (secondary N) is 2. The third-order valence-corrected chi connectivity index (χ3v) is 2.06. The highest BCUT2D eigenvalue weighted by atomic mass is 19.4. The molecule has 0 radical (unpaired) electrons. The lowest BCUT2D eigenvalue weighted by molar-refractivity contribution is -0.274. The van der Waals surface area contributed by atoms with Gasteiger partial charge in [-0.2, -0.15) is 0 Å². The number of carbonyl (C=O) groups is 1. The van der Waals surface area contributed by atoms with Crippen LogP contribution >= 0.6 is 0 Å². The Labute approximate surface area is 114 Å². The molecule has 5 nitrogen and oxygen atoms in total. The molecule has 0 saturated heterocycles. The van der Waals surface area contributed by atoms with E-state index in [-0.39, 0.29) is 5.69 Å². The number of halogens is 3. The monoisotopic (exact) mass is 292 g/mol. The van der Waals surface area contributed by atoms with E-state index in [4.69, 9.17) is 4.74 Å².